The van der Waals surface area contributed by atoms with E-state index in [0.29, 0.717) is 13.0 Å². The molecule has 18 heavy (non-hydrogen) atoms. The number of aromatic nitrogens is 3. The first-order chi connectivity index (χ1) is 8.74. The van der Waals surface area contributed by atoms with Gasteiger partial charge in [0.05, 0.1) is 0 Å². The molecule has 0 atom stereocenters. The maximum Gasteiger partial charge on any atom is 0.220 e. The molecule has 0 aliphatic heterocycles. The lowest BCUT2D eigenvalue weighted by atomic mass is 10.1. The zero-order chi connectivity index (χ0) is 13.2. The fourth-order valence-corrected chi connectivity index (χ4v) is 1.72. The normalized spacial score (nSPS) is 10.6. The van der Waals surface area contributed by atoms with Crippen molar-refractivity contribution in [1.82, 2.24) is 20.1 Å². The molecule has 6 nitrogen and oxygen atoms in total. The van der Waals surface area contributed by atoms with E-state index in [1.807, 2.05) is 11.6 Å². The van der Waals surface area contributed by atoms with Gasteiger partial charge in [-0.3, -0.25) is 4.79 Å². The van der Waals surface area contributed by atoms with Crippen molar-refractivity contribution >= 4 is 5.91 Å². The van der Waals surface area contributed by atoms with Crippen LogP contribution in [0, 0.1) is 0 Å². The van der Waals surface area contributed by atoms with Gasteiger partial charge in [0.1, 0.15) is 12.2 Å². The van der Waals surface area contributed by atoms with Gasteiger partial charge in [-0.05, 0) is 19.4 Å². The van der Waals surface area contributed by atoms with Crippen LogP contribution in [-0.4, -0.2) is 33.8 Å². The number of nitrogens with one attached hydrogen (secondary N) is 1. The van der Waals surface area contributed by atoms with Crippen LogP contribution in [0.15, 0.2) is 6.33 Å². The number of amides is 1. The van der Waals surface area contributed by atoms with Crippen molar-refractivity contribution in [2.45, 2.75) is 38.5 Å². The Labute approximate surface area is 108 Å². The van der Waals surface area contributed by atoms with E-state index in [0.717, 1.165) is 44.5 Å². The lowest BCUT2D eigenvalue weighted by molar-refractivity contribution is -0.121. The van der Waals surface area contributed by atoms with Gasteiger partial charge in [-0.2, -0.15) is 0 Å². The van der Waals surface area contributed by atoms with Gasteiger partial charge in [0.2, 0.25) is 5.91 Å². The Bertz CT molecular complexity index is 350. The molecule has 0 spiro atoms. The van der Waals surface area contributed by atoms with E-state index in [1.165, 1.54) is 0 Å². The quantitative estimate of drug-likeness (QED) is 0.623. The van der Waals surface area contributed by atoms with Crippen LogP contribution in [0.4, 0.5) is 0 Å². The molecule has 0 saturated carbocycles. The summed E-state index contributed by atoms with van der Waals surface area (Å²) in [5.74, 6) is 1.00. The number of nitrogens with two attached hydrogens (primary N) is 1. The predicted octanol–water partition coefficient (Wildman–Crippen LogP) is 0.383. The van der Waals surface area contributed by atoms with Gasteiger partial charge in [0, 0.05) is 26.4 Å². The molecule has 1 rings (SSSR count). The van der Waals surface area contributed by atoms with Gasteiger partial charge in [-0.1, -0.05) is 12.8 Å². The van der Waals surface area contributed by atoms with E-state index in [9.17, 15) is 4.79 Å². The van der Waals surface area contributed by atoms with Crippen molar-refractivity contribution < 1.29 is 4.79 Å². The summed E-state index contributed by atoms with van der Waals surface area (Å²) in [4.78, 5) is 11.5. The second-order valence-electron chi connectivity index (χ2n) is 4.41. The zero-order valence-corrected chi connectivity index (χ0v) is 11.1. The van der Waals surface area contributed by atoms with Crippen LogP contribution in [0.3, 0.4) is 0 Å². The van der Waals surface area contributed by atoms with Crippen LogP contribution in [0.25, 0.3) is 0 Å². The molecule has 3 N–H and O–H groups in total. The first-order valence-electron chi connectivity index (χ1n) is 6.53. The Hall–Kier alpha value is -1.43. The molecule has 0 fully saturated rings. The van der Waals surface area contributed by atoms with E-state index in [-0.39, 0.29) is 5.91 Å². The summed E-state index contributed by atoms with van der Waals surface area (Å²) in [7, 11) is 1.90. The number of nitrogens with zero attached hydrogens (tertiary/aromatic N) is 3. The highest BCUT2D eigenvalue weighted by atomic mass is 16.1. The number of carbonyl (C=O) groups is 1. The van der Waals surface area contributed by atoms with Crippen LogP contribution < -0.4 is 11.1 Å². The van der Waals surface area contributed by atoms with Crippen molar-refractivity contribution in [1.29, 1.82) is 0 Å². The molecule has 0 aliphatic rings. The molecule has 0 aromatic carbocycles. The molecule has 102 valence electrons. The summed E-state index contributed by atoms with van der Waals surface area (Å²) in [6.07, 6.45) is 7.16. The summed E-state index contributed by atoms with van der Waals surface area (Å²) in [5, 5.41) is 10.6. The highest BCUT2D eigenvalue weighted by molar-refractivity contribution is 5.75. The molecule has 1 amide bonds. The van der Waals surface area contributed by atoms with Crippen molar-refractivity contribution in [2.75, 3.05) is 13.1 Å². The smallest absolute Gasteiger partial charge is 0.220 e. The average Bonchev–Trinajstić information content (AvgIpc) is 2.75. The van der Waals surface area contributed by atoms with Crippen LogP contribution in [0.1, 0.15) is 37.9 Å². The third-order valence-electron chi connectivity index (χ3n) is 2.83. The molecular formula is C12H23N5O. The molecule has 0 bridgehead atoms. The van der Waals surface area contributed by atoms with E-state index in [4.69, 9.17) is 5.73 Å². The number of rotatable bonds is 9. The van der Waals surface area contributed by atoms with Crippen molar-refractivity contribution in [3.05, 3.63) is 12.2 Å². The highest BCUT2D eigenvalue weighted by Gasteiger charge is 2.03. The largest absolute Gasteiger partial charge is 0.356 e. The number of aryl methyl sites for hydroxylation is 1. The third-order valence-corrected chi connectivity index (χ3v) is 2.83. The Morgan fingerprint density at radius 2 is 2.17 bits per heavy atom. The SMILES string of the molecule is Cn1cnnc1CCNC(=O)CCCCCCN. The monoisotopic (exact) mass is 253 g/mol. The zero-order valence-electron chi connectivity index (χ0n) is 11.1. The average molecular weight is 253 g/mol. The number of hydrogen-bond acceptors (Lipinski definition) is 4. The van der Waals surface area contributed by atoms with E-state index in [2.05, 4.69) is 15.5 Å². The maximum absolute atomic E-state index is 11.5. The second kappa shape index (κ2) is 8.63. The molecule has 1 aromatic heterocycles. The van der Waals surface area contributed by atoms with Gasteiger partial charge < -0.3 is 15.6 Å². The van der Waals surface area contributed by atoms with Crippen LogP contribution in [0.5, 0.6) is 0 Å². The fourth-order valence-electron chi connectivity index (χ4n) is 1.72. The predicted molar refractivity (Wildman–Crippen MR) is 69.9 cm³/mol. The van der Waals surface area contributed by atoms with Crippen molar-refractivity contribution in [3.63, 3.8) is 0 Å². The molecule has 0 radical (unpaired) electrons. The maximum atomic E-state index is 11.5. The Morgan fingerprint density at radius 3 is 2.83 bits per heavy atom. The Kier molecular flexibility index (Phi) is 7.01. The topological polar surface area (TPSA) is 85.8 Å². The summed E-state index contributed by atoms with van der Waals surface area (Å²) in [6.45, 7) is 1.36. The Balaban J connectivity index is 2.02. The van der Waals surface area contributed by atoms with E-state index >= 15 is 0 Å². The van der Waals surface area contributed by atoms with Gasteiger partial charge in [-0.15, -0.1) is 10.2 Å². The molecule has 0 unspecified atom stereocenters. The summed E-state index contributed by atoms with van der Waals surface area (Å²) in [6, 6.07) is 0. The number of carbonyl (C=O) groups excluding carboxylic acids is 1. The number of hydrogen-bond donors (Lipinski definition) is 2. The van der Waals surface area contributed by atoms with E-state index in [1.54, 1.807) is 6.33 Å². The van der Waals surface area contributed by atoms with E-state index < -0.39 is 0 Å². The lowest BCUT2D eigenvalue weighted by Gasteiger charge is -2.04. The summed E-state index contributed by atoms with van der Waals surface area (Å²) >= 11 is 0. The standard InChI is InChI=1S/C12H23N5O/c1-17-10-15-16-11(17)7-9-14-12(18)6-4-2-3-5-8-13/h10H,2-9,13H2,1H3,(H,14,18). The lowest BCUT2D eigenvalue weighted by Crippen LogP contribution is -2.26. The molecule has 1 aromatic rings. The minimum absolute atomic E-state index is 0.116. The van der Waals surface area contributed by atoms with Gasteiger partial charge in [-0.25, -0.2) is 0 Å². The second-order valence-corrected chi connectivity index (χ2v) is 4.41. The van der Waals surface area contributed by atoms with Gasteiger partial charge in [0.25, 0.3) is 0 Å². The molecule has 0 aliphatic carbocycles. The minimum Gasteiger partial charge on any atom is -0.356 e. The first kappa shape index (κ1) is 14.6. The van der Waals surface area contributed by atoms with Crippen LogP contribution in [0.2, 0.25) is 0 Å². The number of unbranched alkanes of at least 4 members (excludes halogenated alkanes) is 3. The summed E-state index contributed by atoms with van der Waals surface area (Å²) in [5.41, 5.74) is 5.40. The molecule has 0 saturated heterocycles. The van der Waals surface area contributed by atoms with Crippen molar-refractivity contribution in [2.24, 2.45) is 12.8 Å². The Morgan fingerprint density at radius 1 is 1.39 bits per heavy atom. The minimum atomic E-state index is 0.116. The van der Waals surface area contributed by atoms with Crippen LogP contribution >= 0.6 is 0 Å². The molecule has 6 heteroatoms. The van der Waals surface area contributed by atoms with Gasteiger partial charge >= 0.3 is 0 Å². The highest BCUT2D eigenvalue weighted by Crippen LogP contribution is 2.01. The van der Waals surface area contributed by atoms with Crippen molar-refractivity contribution in [3.8, 4) is 0 Å². The van der Waals surface area contributed by atoms with Gasteiger partial charge in [0.15, 0.2) is 0 Å². The fraction of sp³-hybridized carbons (Fsp3) is 0.750. The molecular weight excluding hydrogens is 230 g/mol. The molecule has 1 heterocycles. The summed E-state index contributed by atoms with van der Waals surface area (Å²) < 4.78 is 1.86. The van der Waals surface area contributed by atoms with Crippen LogP contribution in [-0.2, 0) is 18.3 Å². The third kappa shape index (κ3) is 5.77. The first-order valence-corrected chi connectivity index (χ1v) is 6.53.